The van der Waals surface area contributed by atoms with E-state index >= 15 is 4.39 Å². The van der Waals surface area contributed by atoms with Gasteiger partial charge in [-0.1, -0.05) is 5.21 Å². The van der Waals surface area contributed by atoms with Crippen LogP contribution in [0.1, 0.15) is 18.9 Å². The number of aliphatic hydroxyl groups is 1. The van der Waals surface area contributed by atoms with Crippen molar-refractivity contribution >= 4 is 72.1 Å². The average Bonchev–Trinajstić information content (AvgIpc) is 3.73. The third-order valence-electron chi connectivity index (χ3n) is 6.75. The highest BCUT2D eigenvalue weighted by Gasteiger charge is 2.52. The zero-order valence-electron chi connectivity index (χ0n) is 21.9. The van der Waals surface area contributed by atoms with E-state index in [0.717, 1.165) is 11.0 Å². The molecular formula is C19H23FN11O9P2S2+. The third-order valence-corrected chi connectivity index (χ3v) is 9.05. The number of nitrogens with zero attached hydrogens (tertiary/aromatic N) is 8. The molecule has 9 atom stereocenters. The number of nitrogens with one attached hydrogen (secondary N) is 1. The van der Waals surface area contributed by atoms with Gasteiger partial charge in [0.1, 0.15) is 30.8 Å². The quantitative estimate of drug-likeness (QED) is 0.0912. The number of ether oxygens (including phenoxy) is 2. The predicted molar refractivity (Wildman–Crippen MR) is 153 cm³/mol. The van der Waals surface area contributed by atoms with Crippen LogP contribution in [0.5, 0.6) is 0 Å². The summed E-state index contributed by atoms with van der Waals surface area (Å²) in [5, 5.41) is 17.4. The van der Waals surface area contributed by atoms with Crippen LogP contribution in [0.3, 0.4) is 0 Å². The number of imidazole rings is 1. The molecule has 6 rings (SSSR count). The molecule has 0 bridgehead atoms. The van der Waals surface area contributed by atoms with Gasteiger partial charge >= 0.3 is 13.9 Å². The number of fused-ring (bicyclic) bond motifs is 2. The number of H-pyrrole nitrogens is 1. The molecular weight excluding hydrogens is 671 g/mol. The van der Waals surface area contributed by atoms with Gasteiger partial charge in [0.25, 0.3) is 5.56 Å². The van der Waals surface area contributed by atoms with E-state index in [1.54, 1.807) is 0 Å². The van der Waals surface area contributed by atoms with Gasteiger partial charge in [-0.25, -0.2) is 19.3 Å². The molecule has 0 aromatic carbocycles. The van der Waals surface area contributed by atoms with Gasteiger partial charge in [0.05, 0.1) is 25.6 Å². The van der Waals surface area contributed by atoms with E-state index in [2.05, 4.69) is 47.5 Å². The molecule has 5 unspecified atom stereocenters. The third kappa shape index (κ3) is 5.93. The van der Waals surface area contributed by atoms with E-state index in [0.29, 0.717) is 0 Å². The summed E-state index contributed by atoms with van der Waals surface area (Å²) >= 11 is 8.94. The van der Waals surface area contributed by atoms with Crippen LogP contribution in [0.15, 0.2) is 17.4 Å². The molecule has 20 nitrogen and oxygen atoms in total. The number of hydrogen-bond donors (Lipinski definition) is 6. The average molecular weight is 695 g/mol. The number of nitrogen functional groups attached to an aromatic ring is 2. The number of aromatic amines is 1. The minimum absolute atomic E-state index is 0.00581. The summed E-state index contributed by atoms with van der Waals surface area (Å²) in [6.45, 7) is -5.14. The second kappa shape index (κ2) is 12.2. The standard InChI is InChI=1S/C19H22FN11O9P2S2/c20-9-12(39-41(34)43)8(38-18(9)31-14-10(28-29-31)13(21)23-4-24-14)3-36-42(35,44)40-7-1-6(2-32)37-17(7)30-5-25-11-15(30)26-19(22)27-16(11)33/h4-9,12,17-18,32H,1-3H2,(H6-,21,22,23,24,26,27,29,33,34,35,43,44)/p+1/t6-,7?,8+,9?,12?,17+,18+,42?/m0/s1. The lowest BCUT2D eigenvalue weighted by molar-refractivity contribution is -0.0560. The summed E-state index contributed by atoms with van der Waals surface area (Å²) in [5.74, 6) is -0.170. The minimum atomic E-state index is -4.15. The molecule has 0 aliphatic carbocycles. The lowest BCUT2D eigenvalue weighted by Crippen LogP contribution is -2.33. The largest absolute Gasteiger partial charge is 0.582 e. The molecule has 0 radical (unpaired) electrons. The second-order valence-corrected chi connectivity index (χ2v) is 14.0. The first-order valence-corrected chi connectivity index (χ1v) is 17.5. The van der Waals surface area contributed by atoms with Crippen LogP contribution in [-0.4, -0.2) is 98.3 Å². The van der Waals surface area contributed by atoms with Gasteiger partial charge in [0.15, 0.2) is 52.9 Å². The molecule has 0 amide bonds. The van der Waals surface area contributed by atoms with Gasteiger partial charge in [-0.15, -0.1) is 9.62 Å². The Labute approximate surface area is 255 Å². The fraction of sp³-hybridized carbons (Fsp3) is 0.526. The molecule has 2 saturated heterocycles. The Kier molecular flexibility index (Phi) is 8.63. The van der Waals surface area contributed by atoms with Crippen molar-refractivity contribution < 1.29 is 42.0 Å². The van der Waals surface area contributed by atoms with E-state index in [1.807, 2.05) is 0 Å². The number of aliphatic hydroxyl groups excluding tert-OH is 1. The molecule has 25 heteroatoms. The highest BCUT2D eigenvalue weighted by molar-refractivity contribution is 8.39. The minimum Gasteiger partial charge on any atom is -0.394 e. The maximum atomic E-state index is 15.6. The van der Waals surface area contributed by atoms with Gasteiger partial charge < -0.3 is 40.0 Å². The van der Waals surface area contributed by atoms with Crippen LogP contribution in [0.4, 0.5) is 16.2 Å². The summed E-state index contributed by atoms with van der Waals surface area (Å²) in [6, 6.07) is 0. The number of halogens is 1. The van der Waals surface area contributed by atoms with E-state index in [4.69, 9.17) is 46.3 Å². The zero-order valence-corrected chi connectivity index (χ0v) is 25.4. The van der Waals surface area contributed by atoms with Crippen molar-refractivity contribution in [1.29, 1.82) is 0 Å². The van der Waals surface area contributed by atoms with Crippen molar-refractivity contribution in [2.45, 2.75) is 49.5 Å². The van der Waals surface area contributed by atoms with Gasteiger partial charge in [0, 0.05) is 6.42 Å². The summed E-state index contributed by atoms with van der Waals surface area (Å²) in [6.07, 6.45) is -6.67. The Morgan fingerprint density at radius 3 is 2.80 bits per heavy atom. The Bertz CT molecular complexity index is 1830. The number of hydrogen-bond acceptors (Lipinski definition) is 17. The van der Waals surface area contributed by atoms with Gasteiger partial charge in [0.2, 0.25) is 5.95 Å². The number of thiol groups is 1. The van der Waals surface area contributed by atoms with Gasteiger partial charge in [-0.05, 0) is 16.4 Å². The monoisotopic (exact) mass is 694 g/mol. The number of aromatic nitrogens is 9. The molecule has 0 spiro atoms. The van der Waals surface area contributed by atoms with Crippen LogP contribution in [0.2, 0.25) is 0 Å². The number of alkyl halides is 1. The van der Waals surface area contributed by atoms with Crippen molar-refractivity contribution in [2.24, 2.45) is 0 Å². The summed E-state index contributed by atoms with van der Waals surface area (Å²) in [5.41, 5.74) is 11.1. The SMILES string of the molecule is Nc1nc2c(ncn2[C@@H]2O[C@H](CO)CC2OP(O)(=S)OC[C@H]2O[C@@H](n3nnc4c(N)ncnc43)C(F)C2O[P+](=O)S)c(=O)[nH]1. The highest BCUT2D eigenvalue weighted by atomic mass is 32.7. The summed E-state index contributed by atoms with van der Waals surface area (Å²) in [4.78, 5) is 41.5. The number of nitrogens with two attached hydrogens (primary N) is 2. The lowest BCUT2D eigenvalue weighted by Gasteiger charge is -2.25. The van der Waals surface area contributed by atoms with Gasteiger partial charge in [-0.3, -0.25) is 14.3 Å². The van der Waals surface area contributed by atoms with Crippen LogP contribution < -0.4 is 17.0 Å². The highest BCUT2D eigenvalue weighted by Crippen LogP contribution is 2.51. The van der Waals surface area contributed by atoms with E-state index in [-0.39, 0.29) is 40.5 Å². The first-order chi connectivity index (χ1) is 21.0. The van der Waals surface area contributed by atoms with Crippen molar-refractivity contribution in [3.05, 3.63) is 23.0 Å². The Balaban J connectivity index is 1.20. The maximum Gasteiger partial charge on any atom is 0.582 e. The zero-order chi connectivity index (χ0) is 31.3. The second-order valence-electron chi connectivity index (χ2n) is 9.53. The smallest absolute Gasteiger partial charge is 0.394 e. The summed E-state index contributed by atoms with van der Waals surface area (Å²) < 4.78 is 57.9. The van der Waals surface area contributed by atoms with E-state index in [1.165, 1.54) is 10.9 Å². The molecule has 44 heavy (non-hydrogen) atoms. The fourth-order valence-corrected chi connectivity index (χ4v) is 7.11. The van der Waals surface area contributed by atoms with Crippen LogP contribution in [-0.2, 0) is 39.4 Å². The van der Waals surface area contributed by atoms with Crippen molar-refractivity contribution in [3.8, 4) is 0 Å². The normalized spacial score (nSPS) is 29.0. The molecule has 4 aromatic heterocycles. The lowest BCUT2D eigenvalue weighted by atomic mass is 10.1. The molecule has 236 valence electrons. The molecule has 7 N–H and O–H groups in total. The molecule has 4 aromatic rings. The topological polar surface area (TPSA) is 276 Å². The summed E-state index contributed by atoms with van der Waals surface area (Å²) in [7, 11) is -2.61. The predicted octanol–water partition coefficient (Wildman–Crippen LogP) is -0.375. The van der Waals surface area contributed by atoms with Crippen LogP contribution >= 0.6 is 26.2 Å². The Hall–Kier alpha value is -2.82. The molecule has 6 heterocycles. The molecule has 2 aliphatic heterocycles. The van der Waals surface area contributed by atoms with E-state index in [9.17, 15) is 19.4 Å². The number of anilines is 2. The molecule has 2 aliphatic rings. The van der Waals surface area contributed by atoms with E-state index < -0.39 is 75.8 Å². The van der Waals surface area contributed by atoms with Crippen molar-refractivity contribution in [3.63, 3.8) is 0 Å². The first-order valence-electron chi connectivity index (χ1n) is 12.5. The first kappa shape index (κ1) is 31.2. The van der Waals surface area contributed by atoms with Crippen LogP contribution in [0, 0.1) is 0 Å². The van der Waals surface area contributed by atoms with Crippen molar-refractivity contribution in [1.82, 2.24) is 44.5 Å². The fourth-order valence-electron chi connectivity index (χ4n) is 4.88. The van der Waals surface area contributed by atoms with Crippen LogP contribution in [0.25, 0.3) is 22.3 Å². The maximum absolute atomic E-state index is 15.6. The Morgan fingerprint density at radius 2 is 2.05 bits per heavy atom. The Morgan fingerprint density at radius 1 is 1.25 bits per heavy atom. The van der Waals surface area contributed by atoms with Crippen molar-refractivity contribution in [2.75, 3.05) is 24.7 Å². The number of rotatable bonds is 10. The van der Waals surface area contributed by atoms with Gasteiger partial charge in [-0.2, -0.15) is 9.67 Å². The molecule has 2 fully saturated rings. The molecule has 0 saturated carbocycles.